The number of nitrogens with zero attached hydrogens (tertiary/aromatic N) is 1. The van der Waals surface area contributed by atoms with E-state index in [1.165, 1.54) is 4.90 Å². The Morgan fingerprint density at radius 3 is 2.91 bits per heavy atom. The van der Waals surface area contributed by atoms with Gasteiger partial charge in [-0.25, -0.2) is 4.79 Å². The van der Waals surface area contributed by atoms with Crippen molar-refractivity contribution >= 4 is 39.4 Å². The second-order valence-corrected chi connectivity index (χ2v) is 6.11. The van der Waals surface area contributed by atoms with Crippen LogP contribution in [0.1, 0.15) is 6.92 Å². The minimum absolute atomic E-state index is 0.0175. The van der Waals surface area contributed by atoms with E-state index in [1.807, 2.05) is 0 Å². The third-order valence-electron chi connectivity index (χ3n) is 3.20. The molecule has 2 atom stereocenters. The molecule has 1 fully saturated rings. The number of halogens is 2. The summed E-state index contributed by atoms with van der Waals surface area (Å²) < 4.78 is 11.4. The lowest BCUT2D eigenvalue weighted by Gasteiger charge is -2.32. The highest BCUT2D eigenvalue weighted by molar-refractivity contribution is 9.10. The van der Waals surface area contributed by atoms with E-state index in [0.717, 1.165) is 0 Å². The minimum atomic E-state index is -1.08. The number of carboxylic acids is 1. The van der Waals surface area contributed by atoms with E-state index < -0.39 is 18.2 Å². The van der Waals surface area contributed by atoms with E-state index in [2.05, 4.69) is 15.9 Å². The van der Waals surface area contributed by atoms with Gasteiger partial charge in [-0.2, -0.15) is 0 Å². The Bertz CT molecular complexity index is 582. The number of rotatable bonds is 4. The van der Waals surface area contributed by atoms with Crippen molar-refractivity contribution in [2.24, 2.45) is 0 Å². The number of aliphatic carboxylic acids is 1. The number of hydrogen-bond acceptors (Lipinski definition) is 4. The molecule has 0 spiro atoms. The number of carbonyl (C=O) groups excluding carboxylic acids is 1. The number of carboxylic acid groups (broad SMARTS) is 1. The molecule has 22 heavy (non-hydrogen) atoms. The van der Waals surface area contributed by atoms with Gasteiger partial charge in [0.15, 0.2) is 12.2 Å². The number of hydrogen-bond donors (Lipinski definition) is 1. The molecule has 0 bridgehead atoms. The summed E-state index contributed by atoms with van der Waals surface area (Å²) in [6.07, 6.45) is -1.74. The highest BCUT2D eigenvalue weighted by Gasteiger charge is 2.31. The first-order valence-corrected chi connectivity index (χ1v) is 7.80. The fourth-order valence-electron chi connectivity index (χ4n) is 2.07. The van der Waals surface area contributed by atoms with Crippen LogP contribution in [0.25, 0.3) is 0 Å². The molecule has 1 amide bonds. The van der Waals surface area contributed by atoms with Crippen molar-refractivity contribution in [2.45, 2.75) is 19.1 Å². The molecule has 1 saturated heterocycles. The van der Waals surface area contributed by atoms with Crippen molar-refractivity contribution in [1.29, 1.82) is 0 Å². The molecular weight excluding hydrogens is 378 g/mol. The van der Waals surface area contributed by atoms with Crippen LogP contribution in [0.5, 0.6) is 5.75 Å². The lowest BCUT2D eigenvalue weighted by Crippen LogP contribution is -2.51. The topological polar surface area (TPSA) is 76.1 Å². The molecular formula is C14H15BrClNO5. The maximum absolute atomic E-state index is 12.4. The van der Waals surface area contributed by atoms with E-state index in [9.17, 15) is 9.59 Å². The summed E-state index contributed by atoms with van der Waals surface area (Å²) in [4.78, 5) is 24.7. The first-order valence-electron chi connectivity index (χ1n) is 6.63. The fraction of sp³-hybridized carbons (Fsp3) is 0.429. The number of morpholine rings is 1. The average molecular weight is 393 g/mol. The smallest absolute Gasteiger partial charge is 0.334 e. The van der Waals surface area contributed by atoms with Gasteiger partial charge in [-0.1, -0.05) is 11.6 Å². The molecule has 1 aliphatic heterocycles. The van der Waals surface area contributed by atoms with Crippen LogP contribution in [0.3, 0.4) is 0 Å². The monoisotopic (exact) mass is 391 g/mol. The summed E-state index contributed by atoms with van der Waals surface area (Å²) in [6.45, 7) is 2.18. The Labute approximate surface area is 141 Å². The van der Waals surface area contributed by atoms with Crippen LogP contribution in [-0.2, 0) is 14.3 Å². The van der Waals surface area contributed by atoms with Gasteiger partial charge in [-0.15, -0.1) is 0 Å². The molecule has 1 aromatic carbocycles. The lowest BCUT2D eigenvalue weighted by atomic mass is 10.2. The zero-order valence-corrected chi connectivity index (χ0v) is 14.1. The molecule has 1 N–H and O–H groups in total. The van der Waals surface area contributed by atoms with Crippen LogP contribution < -0.4 is 4.74 Å². The normalized spacial score (nSPS) is 19.6. The van der Waals surface area contributed by atoms with E-state index in [0.29, 0.717) is 21.8 Å². The summed E-state index contributed by atoms with van der Waals surface area (Å²) in [5.41, 5.74) is 0. The number of carbonyl (C=O) groups is 2. The molecule has 2 rings (SSSR count). The molecule has 1 heterocycles. The van der Waals surface area contributed by atoms with Gasteiger partial charge in [-0.05, 0) is 41.1 Å². The Kier molecular flexibility index (Phi) is 5.66. The van der Waals surface area contributed by atoms with Gasteiger partial charge in [0, 0.05) is 11.6 Å². The van der Waals surface area contributed by atoms with Crippen LogP contribution in [-0.4, -0.2) is 53.8 Å². The van der Waals surface area contributed by atoms with Crippen molar-refractivity contribution in [3.8, 4) is 5.75 Å². The van der Waals surface area contributed by atoms with E-state index in [4.69, 9.17) is 26.2 Å². The number of amides is 1. The number of ether oxygens (including phenoxy) is 2. The molecule has 0 aromatic heterocycles. The van der Waals surface area contributed by atoms with Crippen LogP contribution in [0, 0.1) is 0 Å². The summed E-state index contributed by atoms with van der Waals surface area (Å²) in [7, 11) is 0. The van der Waals surface area contributed by atoms with E-state index in [1.54, 1.807) is 25.1 Å². The molecule has 0 saturated carbocycles. The van der Waals surface area contributed by atoms with Gasteiger partial charge in [0.2, 0.25) is 0 Å². The summed E-state index contributed by atoms with van der Waals surface area (Å²) in [6, 6.07) is 4.99. The maximum Gasteiger partial charge on any atom is 0.334 e. The highest BCUT2D eigenvalue weighted by Crippen LogP contribution is 2.29. The van der Waals surface area contributed by atoms with Crippen molar-refractivity contribution in [1.82, 2.24) is 4.90 Å². The van der Waals surface area contributed by atoms with E-state index in [-0.39, 0.29) is 19.1 Å². The van der Waals surface area contributed by atoms with Crippen LogP contribution in [0.15, 0.2) is 22.7 Å². The zero-order valence-electron chi connectivity index (χ0n) is 11.8. The molecule has 1 aromatic rings. The maximum atomic E-state index is 12.4. The highest BCUT2D eigenvalue weighted by atomic mass is 79.9. The predicted molar refractivity (Wildman–Crippen MR) is 83.2 cm³/mol. The summed E-state index contributed by atoms with van der Waals surface area (Å²) >= 11 is 9.17. The van der Waals surface area contributed by atoms with Gasteiger partial charge >= 0.3 is 5.97 Å². The fourth-order valence-corrected chi connectivity index (χ4v) is 2.84. The van der Waals surface area contributed by atoms with Crippen LogP contribution >= 0.6 is 27.5 Å². The first kappa shape index (κ1) is 17.1. The third kappa shape index (κ3) is 4.12. The molecule has 0 unspecified atom stereocenters. The second kappa shape index (κ2) is 7.30. The molecule has 0 aliphatic carbocycles. The zero-order chi connectivity index (χ0) is 16.3. The minimum Gasteiger partial charge on any atom is -0.480 e. The van der Waals surface area contributed by atoms with Gasteiger partial charge in [-0.3, -0.25) is 4.79 Å². The van der Waals surface area contributed by atoms with Crippen molar-refractivity contribution in [3.63, 3.8) is 0 Å². The Hall–Kier alpha value is -1.31. The van der Waals surface area contributed by atoms with Crippen LogP contribution in [0.2, 0.25) is 5.02 Å². The predicted octanol–water partition coefficient (Wildman–Crippen LogP) is 2.18. The van der Waals surface area contributed by atoms with Gasteiger partial charge in [0.05, 0.1) is 17.6 Å². The Balaban J connectivity index is 2.01. The molecule has 120 valence electrons. The Morgan fingerprint density at radius 1 is 1.55 bits per heavy atom. The van der Waals surface area contributed by atoms with Crippen molar-refractivity contribution < 1.29 is 24.2 Å². The van der Waals surface area contributed by atoms with Crippen LogP contribution in [0.4, 0.5) is 0 Å². The van der Waals surface area contributed by atoms with Gasteiger partial charge in [0.25, 0.3) is 5.91 Å². The number of benzene rings is 1. The van der Waals surface area contributed by atoms with Crippen molar-refractivity contribution in [3.05, 3.63) is 27.7 Å². The van der Waals surface area contributed by atoms with Gasteiger partial charge in [0.1, 0.15) is 5.75 Å². The molecule has 0 radical (unpaired) electrons. The van der Waals surface area contributed by atoms with Crippen molar-refractivity contribution in [2.75, 3.05) is 19.7 Å². The standard InChI is InChI=1S/C14H15BrClNO5/c1-8(22-11-3-2-9(16)6-10(11)15)13(18)17-4-5-21-12(7-17)14(19)20/h2-3,6,8,12H,4-5,7H2,1H3,(H,19,20)/t8-,12+/m0/s1. The first-order chi connectivity index (χ1) is 10.4. The second-order valence-electron chi connectivity index (χ2n) is 4.82. The lowest BCUT2D eigenvalue weighted by molar-refractivity contribution is -0.161. The Morgan fingerprint density at radius 2 is 2.27 bits per heavy atom. The average Bonchev–Trinajstić information content (AvgIpc) is 2.49. The summed E-state index contributed by atoms with van der Waals surface area (Å²) in [5, 5.41) is 9.51. The molecule has 1 aliphatic rings. The molecule has 8 heteroatoms. The quantitative estimate of drug-likeness (QED) is 0.850. The third-order valence-corrected chi connectivity index (χ3v) is 4.05. The van der Waals surface area contributed by atoms with E-state index >= 15 is 0 Å². The summed E-state index contributed by atoms with van der Waals surface area (Å²) in [5.74, 6) is -0.865. The molecule has 6 nitrogen and oxygen atoms in total. The SMILES string of the molecule is C[C@H](Oc1ccc(Cl)cc1Br)C(=O)N1CCO[C@@H](C(=O)O)C1. The van der Waals surface area contributed by atoms with Gasteiger partial charge < -0.3 is 19.5 Å². The largest absolute Gasteiger partial charge is 0.480 e.